The molecule has 0 saturated heterocycles. The van der Waals surface area contributed by atoms with Crippen molar-refractivity contribution >= 4 is 22.7 Å². The van der Waals surface area contributed by atoms with Crippen LogP contribution in [0.25, 0.3) is 11.0 Å². The number of hydrogen-bond acceptors (Lipinski definition) is 2. The minimum Gasteiger partial charge on any atom is -0.461 e. The van der Waals surface area contributed by atoms with E-state index in [1.807, 2.05) is 68.4 Å². The average molecular weight is 308 g/mol. The first kappa shape index (κ1) is 15.2. The van der Waals surface area contributed by atoms with Crippen molar-refractivity contribution in [3.8, 4) is 0 Å². The van der Waals surface area contributed by atoms with Gasteiger partial charge in [0.1, 0.15) is 11.3 Å². The second kappa shape index (κ2) is 6.57. The Morgan fingerprint density at radius 1 is 1.13 bits per heavy atom. The number of para-hydroxylation sites is 2. The van der Waals surface area contributed by atoms with Crippen LogP contribution in [0.3, 0.4) is 0 Å². The summed E-state index contributed by atoms with van der Waals surface area (Å²) in [5, 5.41) is 6.89. The normalized spacial score (nSPS) is 12.1. The Labute approximate surface area is 135 Å². The summed E-state index contributed by atoms with van der Waals surface area (Å²) >= 11 is 0. The maximum atomic E-state index is 12.1. The number of anilines is 1. The van der Waals surface area contributed by atoms with E-state index in [1.165, 1.54) is 0 Å². The van der Waals surface area contributed by atoms with Gasteiger partial charge in [0, 0.05) is 23.5 Å². The first-order chi connectivity index (χ1) is 11.1. The highest BCUT2D eigenvalue weighted by Gasteiger charge is 2.12. The van der Waals surface area contributed by atoms with Crippen molar-refractivity contribution in [3.63, 3.8) is 0 Å². The number of rotatable bonds is 4. The summed E-state index contributed by atoms with van der Waals surface area (Å²) in [4.78, 5) is 12.1. The molecule has 1 atom stereocenters. The molecule has 0 bridgehead atoms. The monoisotopic (exact) mass is 308 g/mol. The van der Waals surface area contributed by atoms with E-state index in [0.29, 0.717) is 6.42 Å². The number of amides is 2. The fourth-order valence-corrected chi connectivity index (χ4v) is 2.59. The molecule has 0 aliphatic carbocycles. The molecule has 1 unspecified atom stereocenters. The van der Waals surface area contributed by atoms with Gasteiger partial charge >= 0.3 is 6.03 Å². The van der Waals surface area contributed by atoms with Gasteiger partial charge in [-0.1, -0.05) is 36.4 Å². The van der Waals surface area contributed by atoms with Crippen LogP contribution >= 0.6 is 0 Å². The number of furan rings is 1. The van der Waals surface area contributed by atoms with Crippen molar-refractivity contribution in [2.75, 3.05) is 5.32 Å². The topological polar surface area (TPSA) is 54.3 Å². The first-order valence-electron chi connectivity index (χ1n) is 7.72. The van der Waals surface area contributed by atoms with Gasteiger partial charge in [-0.3, -0.25) is 0 Å². The van der Waals surface area contributed by atoms with E-state index in [4.69, 9.17) is 4.42 Å². The Morgan fingerprint density at radius 2 is 1.87 bits per heavy atom. The predicted octanol–water partition coefficient (Wildman–Crippen LogP) is 4.49. The van der Waals surface area contributed by atoms with E-state index in [9.17, 15) is 4.79 Å². The summed E-state index contributed by atoms with van der Waals surface area (Å²) in [5.41, 5.74) is 2.73. The Bertz CT molecular complexity index is 790. The highest BCUT2D eigenvalue weighted by Crippen LogP contribution is 2.20. The smallest absolute Gasteiger partial charge is 0.319 e. The van der Waals surface area contributed by atoms with Gasteiger partial charge in [-0.25, -0.2) is 4.79 Å². The number of aryl methyl sites for hydroxylation is 1. The molecule has 1 heterocycles. The van der Waals surface area contributed by atoms with Crippen LogP contribution in [0.15, 0.2) is 59.0 Å². The van der Waals surface area contributed by atoms with Gasteiger partial charge in [0.05, 0.1) is 0 Å². The molecule has 2 N–H and O–H groups in total. The van der Waals surface area contributed by atoms with Crippen LogP contribution in [-0.4, -0.2) is 12.1 Å². The van der Waals surface area contributed by atoms with Gasteiger partial charge in [-0.05, 0) is 37.6 Å². The third-order valence-electron chi connectivity index (χ3n) is 3.75. The molecular formula is C19H20N2O2. The summed E-state index contributed by atoms with van der Waals surface area (Å²) in [7, 11) is 0. The van der Waals surface area contributed by atoms with Gasteiger partial charge < -0.3 is 15.1 Å². The lowest BCUT2D eigenvalue weighted by atomic mass is 10.2. The van der Waals surface area contributed by atoms with Gasteiger partial charge in [-0.2, -0.15) is 0 Å². The van der Waals surface area contributed by atoms with Crippen LogP contribution in [0.1, 0.15) is 18.2 Å². The average Bonchev–Trinajstić information content (AvgIpc) is 2.91. The zero-order chi connectivity index (χ0) is 16.2. The molecule has 2 aromatic carbocycles. The molecular weight excluding hydrogens is 288 g/mol. The number of benzene rings is 2. The Kier molecular flexibility index (Phi) is 4.33. The van der Waals surface area contributed by atoms with E-state index in [-0.39, 0.29) is 12.1 Å². The Hall–Kier alpha value is -2.75. The Balaban J connectivity index is 1.59. The largest absolute Gasteiger partial charge is 0.461 e. The van der Waals surface area contributed by atoms with Crippen molar-refractivity contribution in [1.29, 1.82) is 0 Å². The minimum absolute atomic E-state index is 0.0282. The standard InChI is InChI=1S/C19H20N2O2/c1-13-7-3-5-9-17(13)21-19(22)20-14(2)11-16-12-15-8-4-6-10-18(15)23-16/h3-10,12,14H,11H2,1-2H3,(H2,20,21,22). The number of carbonyl (C=O) groups is 1. The summed E-state index contributed by atoms with van der Waals surface area (Å²) in [6.07, 6.45) is 0.649. The maximum Gasteiger partial charge on any atom is 0.319 e. The number of carbonyl (C=O) groups excluding carboxylic acids is 1. The van der Waals surface area contributed by atoms with E-state index in [0.717, 1.165) is 28.0 Å². The van der Waals surface area contributed by atoms with Gasteiger partial charge in [-0.15, -0.1) is 0 Å². The zero-order valence-corrected chi connectivity index (χ0v) is 13.3. The highest BCUT2D eigenvalue weighted by atomic mass is 16.3. The zero-order valence-electron chi connectivity index (χ0n) is 13.3. The molecule has 0 aliphatic rings. The van der Waals surface area contributed by atoms with Gasteiger partial charge in [0.15, 0.2) is 0 Å². The van der Waals surface area contributed by atoms with Crippen molar-refractivity contribution < 1.29 is 9.21 Å². The second-order valence-electron chi connectivity index (χ2n) is 5.77. The first-order valence-corrected chi connectivity index (χ1v) is 7.72. The number of hydrogen-bond donors (Lipinski definition) is 2. The SMILES string of the molecule is Cc1ccccc1NC(=O)NC(C)Cc1cc2ccccc2o1. The van der Waals surface area contributed by atoms with Gasteiger partial charge in [0.2, 0.25) is 0 Å². The second-order valence-corrected chi connectivity index (χ2v) is 5.77. The van der Waals surface area contributed by atoms with Gasteiger partial charge in [0.25, 0.3) is 0 Å². The fraction of sp³-hybridized carbons (Fsp3) is 0.211. The summed E-state index contributed by atoms with van der Waals surface area (Å²) in [5.74, 6) is 0.870. The van der Waals surface area contributed by atoms with Crippen molar-refractivity contribution in [2.45, 2.75) is 26.3 Å². The lowest BCUT2D eigenvalue weighted by Gasteiger charge is -2.14. The molecule has 0 radical (unpaired) electrons. The van der Waals surface area contributed by atoms with E-state index in [2.05, 4.69) is 10.6 Å². The lowest BCUT2D eigenvalue weighted by Crippen LogP contribution is -2.37. The third kappa shape index (κ3) is 3.72. The third-order valence-corrected chi connectivity index (χ3v) is 3.75. The molecule has 0 spiro atoms. The van der Waals surface area contributed by atoms with Crippen LogP contribution in [0.5, 0.6) is 0 Å². The predicted molar refractivity (Wildman–Crippen MR) is 92.7 cm³/mol. The van der Waals surface area contributed by atoms with Crippen LogP contribution < -0.4 is 10.6 Å². The van der Waals surface area contributed by atoms with Crippen LogP contribution in [0.2, 0.25) is 0 Å². The molecule has 3 aromatic rings. The lowest BCUT2D eigenvalue weighted by molar-refractivity contribution is 0.249. The van der Waals surface area contributed by atoms with Crippen LogP contribution in [0.4, 0.5) is 10.5 Å². The molecule has 4 nitrogen and oxygen atoms in total. The molecule has 3 rings (SSSR count). The van der Waals surface area contributed by atoms with Crippen molar-refractivity contribution in [2.24, 2.45) is 0 Å². The molecule has 0 fully saturated rings. The van der Waals surface area contributed by atoms with Crippen molar-refractivity contribution in [1.82, 2.24) is 5.32 Å². The molecule has 118 valence electrons. The molecule has 4 heteroatoms. The fourth-order valence-electron chi connectivity index (χ4n) is 2.59. The molecule has 0 saturated carbocycles. The summed E-state index contributed by atoms with van der Waals surface area (Å²) in [6.45, 7) is 3.93. The van der Waals surface area contributed by atoms with Crippen LogP contribution in [0, 0.1) is 6.92 Å². The molecule has 1 aromatic heterocycles. The van der Waals surface area contributed by atoms with E-state index < -0.39 is 0 Å². The van der Waals surface area contributed by atoms with Crippen LogP contribution in [-0.2, 0) is 6.42 Å². The quantitative estimate of drug-likeness (QED) is 0.746. The summed E-state index contributed by atoms with van der Waals surface area (Å²) < 4.78 is 5.79. The number of urea groups is 1. The van der Waals surface area contributed by atoms with E-state index >= 15 is 0 Å². The Morgan fingerprint density at radius 3 is 2.65 bits per heavy atom. The molecule has 23 heavy (non-hydrogen) atoms. The number of fused-ring (bicyclic) bond motifs is 1. The van der Waals surface area contributed by atoms with E-state index in [1.54, 1.807) is 0 Å². The number of nitrogens with one attached hydrogen (secondary N) is 2. The summed E-state index contributed by atoms with van der Waals surface area (Å²) in [6, 6.07) is 17.4. The molecule has 2 amide bonds. The minimum atomic E-state index is -0.206. The molecule has 0 aliphatic heterocycles. The highest BCUT2D eigenvalue weighted by molar-refractivity contribution is 5.90. The van der Waals surface area contributed by atoms with Crippen molar-refractivity contribution in [3.05, 3.63) is 65.9 Å². The maximum absolute atomic E-state index is 12.1.